The molecule has 0 fully saturated rings. The molecule has 21 heavy (non-hydrogen) atoms. The summed E-state index contributed by atoms with van der Waals surface area (Å²) < 4.78 is 26.4. The molecule has 0 bridgehead atoms. The molecule has 0 atom stereocenters. The Labute approximate surface area is 139 Å². The fraction of sp³-hybridized carbons (Fsp3) is 0.143. The van der Waals surface area contributed by atoms with E-state index in [1.165, 1.54) is 25.2 Å². The van der Waals surface area contributed by atoms with Crippen molar-refractivity contribution in [3.8, 4) is 0 Å². The van der Waals surface area contributed by atoms with E-state index in [2.05, 4.69) is 0 Å². The molecule has 2 rings (SSSR count). The number of benzene rings is 2. The molecule has 3 nitrogen and oxygen atoms in total. The van der Waals surface area contributed by atoms with Gasteiger partial charge >= 0.3 is 0 Å². The molecule has 0 aliphatic rings. The van der Waals surface area contributed by atoms with Gasteiger partial charge in [0.05, 0.1) is 10.7 Å². The van der Waals surface area contributed by atoms with E-state index >= 15 is 0 Å². The van der Waals surface area contributed by atoms with E-state index in [4.69, 9.17) is 34.8 Å². The lowest BCUT2D eigenvalue weighted by atomic mass is 10.2. The summed E-state index contributed by atoms with van der Waals surface area (Å²) in [6.45, 7) is 1.84. The van der Waals surface area contributed by atoms with Gasteiger partial charge in [0.2, 0.25) is 0 Å². The number of aryl methyl sites for hydroxylation is 1. The lowest BCUT2D eigenvalue weighted by Gasteiger charge is -2.21. The Bertz CT molecular complexity index is 791. The van der Waals surface area contributed by atoms with Gasteiger partial charge in [0, 0.05) is 17.1 Å². The first-order valence-corrected chi connectivity index (χ1v) is 8.51. The molecule has 0 saturated carbocycles. The number of anilines is 1. The number of halogens is 3. The standard InChI is InChI=1S/C14H12Cl3NO2S/c1-9-3-5-11(8-13(9)17)18(2)21(19,20)14-7-10(15)4-6-12(14)16/h3-8H,1-2H3. The number of nitrogens with zero attached hydrogens (tertiary/aromatic N) is 1. The van der Waals surface area contributed by atoms with Crippen LogP contribution in [0, 0.1) is 6.92 Å². The molecule has 2 aromatic carbocycles. The minimum Gasteiger partial charge on any atom is -0.269 e. The van der Waals surface area contributed by atoms with Gasteiger partial charge in [-0.15, -0.1) is 0 Å². The van der Waals surface area contributed by atoms with Crippen molar-refractivity contribution in [2.24, 2.45) is 0 Å². The van der Waals surface area contributed by atoms with Crippen LogP contribution >= 0.6 is 34.8 Å². The Morgan fingerprint density at radius 2 is 1.62 bits per heavy atom. The third-order valence-electron chi connectivity index (χ3n) is 3.05. The van der Waals surface area contributed by atoms with Crippen molar-refractivity contribution in [2.75, 3.05) is 11.4 Å². The lowest BCUT2D eigenvalue weighted by Crippen LogP contribution is -2.26. The molecule has 0 radical (unpaired) electrons. The zero-order chi connectivity index (χ0) is 15.8. The van der Waals surface area contributed by atoms with Crippen LogP contribution in [-0.2, 0) is 10.0 Å². The number of rotatable bonds is 3. The molecule has 0 aromatic heterocycles. The molecule has 0 aliphatic heterocycles. The second-order valence-electron chi connectivity index (χ2n) is 4.48. The minimum atomic E-state index is -3.82. The Kier molecular flexibility index (Phi) is 4.73. The van der Waals surface area contributed by atoms with Crippen LogP contribution in [0.2, 0.25) is 15.1 Å². The van der Waals surface area contributed by atoms with Gasteiger partial charge < -0.3 is 0 Å². The molecule has 0 saturated heterocycles. The van der Waals surface area contributed by atoms with Gasteiger partial charge in [-0.3, -0.25) is 4.31 Å². The predicted octanol–water partition coefficient (Wildman–Crippen LogP) is 4.78. The van der Waals surface area contributed by atoms with E-state index in [1.54, 1.807) is 18.2 Å². The van der Waals surface area contributed by atoms with Crippen LogP contribution in [0.5, 0.6) is 0 Å². The van der Waals surface area contributed by atoms with Crippen molar-refractivity contribution in [3.05, 3.63) is 57.0 Å². The van der Waals surface area contributed by atoms with E-state index in [1.807, 2.05) is 6.92 Å². The number of hydrogen-bond acceptors (Lipinski definition) is 2. The maximum Gasteiger partial charge on any atom is 0.265 e. The van der Waals surface area contributed by atoms with Crippen LogP contribution in [0.4, 0.5) is 5.69 Å². The third-order valence-corrected chi connectivity index (χ3v) is 5.96. The fourth-order valence-corrected chi connectivity index (χ4v) is 3.84. The fourth-order valence-electron chi connectivity index (χ4n) is 1.74. The predicted molar refractivity (Wildman–Crippen MR) is 88.2 cm³/mol. The molecule has 0 heterocycles. The van der Waals surface area contributed by atoms with E-state index in [0.29, 0.717) is 15.7 Å². The largest absolute Gasteiger partial charge is 0.269 e. The maximum absolute atomic E-state index is 12.6. The van der Waals surface area contributed by atoms with Gasteiger partial charge in [-0.25, -0.2) is 8.42 Å². The van der Waals surface area contributed by atoms with E-state index < -0.39 is 10.0 Å². The van der Waals surface area contributed by atoms with Crippen molar-refractivity contribution in [3.63, 3.8) is 0 Å². The highest BCUT2D eigenvalue weighted by atomic mass is 35.5. The highest BCUT2D eigenvalue weighted by molar-refractivity contribution is 7.93. The molecule has 0 aliphatic carbocycles. The van der Waals surface area contributed by atoms with Gasteiger partial charge in [-0.1, -0.05) is 40.9 Å². The van der Waals surface area contributed by atoms with Crippen LogP contribution in [0.15, 0.2) is 41.3 Å². The topological polar surface area (TPSA) is 37.4 Å². The zero-order valence-electron chi connectivity index (χ0n) is 11.3. The highest BCUT2D eigenvalue weighted by Crippen LogP contribution is 2.31. The maximum atomic E-state index is 12.6. The Hall–Kier alpha value is -0.940. The van der Waals surface area contributed by atoms with Crippen molar-refractivity contribution in [2.45, 2.75) is 11.8 Å². The zero-order valence-corrected chi connectivity index (χ0v) is 14.4. The van der Waals surface area contributed by atoms with Crippen molar-refractivity contribution < 1.29 is 8.42 Å². The average Bonchev–Trinajstić information content (AvgIpc) is 2.43. The molecule has 0 spiro atoms. The smallest absolute Gasteiger partial charge is 0.265 e. The molecule has 0 unspecified atom stereocenters. The van der Waals surface area contributed by atoms with Gasteiger partial charge in [0.1, 0.15) is 4.90 Å². The Morgan fingerprint density at radius 1 is 0.952 bits per heavy atom. The molecule has 0 amide bonds. The van der Waals surface area contributed by atoms with E-state index in [0.717, 1.165) is 9.87 Å². The average molecular weight is 365 g/mol. The van der Waals surface area contributed by atoms with Gasteiger partial charge in [-0.05, 0) is 42.8 Å². The van der Waals surface area contributed by atoms with Crippen LogP contribution in [0.3, 0.4) is 0 Å². The monoisotopic (exact) mass is 363 g/mol. The van der Waals surface area contributed by atoms with Gasteiger partial charge in [0.15, 0.2) is 0 Å². The van der Waals surface area contributed by atoms with Crippen molar-refractivity contribution in [1.29, 1.82) is 0 Å². The van der Waals surface area contributed by atoms with Crippen LogP contribution in [0.25, 0.3) is 0 Å². The minimum absolute atomic E-state index is 0.0455. The normalized spacial score (nSPS) is 11.5. The molecule has 2 aromatic rings. The molecule has 7 heteroatoms. The van der Waals surface area contributed by atoms with Crippen LogP contribution in [0.1, 0.15) is 5.56 Å². The summed E-state index contributed by atoms with van der Waals surface area (Å²) in [6.07, 6.45) is 0. The quantitative estimate of drug-likeness (QED) is 0.786. The summed E-state index contributed by atoms with van der Waals surface area (Å²) in [6, 6.07) is 9.33. The third kappa shape index (κ3) is 3.29. The number of hydrogen-bond donors (Lipinski definition) is 0. The van der Waals surface area contributed by atoms with Crippen LogP contribution in [-0.4, -0.2) is 15.5 Å². The molecule has 112 valence electrons. The summed E-state index contributed by atoms with van der Waals surface area (Å²) in [4.78, 5) is -0.0455. The Morgan fingerprint density at radius 3 is 2.24 bits per heavy atom. The van der Waals surface area contributed by atoms with Crippen molar-refractivity contribution >= 4 is 50.5 Å². The Balaban J connectivity index is 2.52. The molecular weight excluding hydrogens is 353 g/mol. The summed E-state index contributed by atoms with van der Waals surface area (Å²) in [5, 5.41) is 0.907. The first kappa shape index (κ1) is 16.4. The second-order valence-corrected chi connectivity index (χ2v) is 7.67. The molecular formula is C14H12Cl3NO2S. The summed E-state index contributed by atoms with van der Waals surface area (Å²) in [5.74, 6) is 0. The first-order valence-electron chi connectivity index (χ1n) is 5.93. The SMILES string of the molecule is Cc1ccc(N(C)S(=O)(=O)c2cc(Cl)ccc2Cl)cc1Cl. The first-order chi connectivity index (χ1) is 9.73. The highest BCUT2D eigenvalue weighted by Gasteiger charge is 2.24. The summed E-state index contributed by atoms with van der Waals surface area (Å²) in [5.41, 5.74) is 1.31. The van der Waals surface area contributed by atoms with E-state index in [9.17, 15) is 8.42 Å². The van der Waals surface area contributed by atoms with Gasteiger partial charge in [-0.2, -0.15) is 0 Å². The van der Waals surface area contributed by atoms with Gasteiger partial charge in [0.25, 0.3) is 10.0 Å². The van der Waals surface area contributed by atoms with E-state index in [-0.39, 0.29) is 9.92 Å². The summed E-state index contributed by atoms with van der Waals surface area (Å²) in [7, 11) is -2.38. The molecule has 0 N–H and O–H groups in total. The summed E-state index contributed by atoms with van der Waals surface area (Å²) >= 11 is 17.9. The van der Waals surface area contributed by atoms with Crippen LogP contribution < -0.4 is 4.31 Å². The lowest BCUT2D eigenvalue weighted by molar-refractivity contribution is 0.594. The number of sulfonamides is 1. The second kappa shape index (κ2) is 6.05. The van der Waals surface area contributed by atoms with Crippen molar-refractivity contribution in [1.82, 2.24) is 0 Å².